The summed E-state index contributed by atoms with van der Waals surface area (Å²) in [7, 11) is 0. The maximum atomic E-state index is 10.5. The third-order valence-electron chi connectivity index (χ3n) is 1.39. The van der Waals surface area contributed by atoms with Gasteiger partial charge in [-0.05, 0) is 12.1 Å². The molecule has 0 atom stereocenters. The minimum atomic E-state index is -1.02. The van der Waals surface area contributed by atoms with Crippen LogP contribution in [0.1, 0.15) is 15.2 Å². The van der Waals surface area contributed by atoms with E-state index in [2.05, 4.69) is 0 Å². The third kappa shape index (κ3) is 2.19. The highest BCUT2D eigenvalue weighted by Gasteiger charge is 2.05. The van der Waals surface area contributed by atoms with Gasteiger partial charge in [0, 0.05) is 10.3 Å². The Hall–Kier alpha value is -2.11. The van der Waals surface area contributed by atoms with Crippen molar-refractivity contribution in [2.45, 2.75) is 0 Å². The van der Waals surface area contributed by atoms with E-state index in [1.165, 1.54) is 28.9 Å². The molecule has 14 heavy (non-hydrogen) atoms. The van der Waals surface area contributed by atoms with Crippen molar-refractivity contribution in [3.63, 3.8) is 0 Å². The van der Waals surface area contributed by atoms with E-state index in [1.54, 1.807) is 12.1 Å². The summed E-state index contributed by atoms with van der Waals surface area (Å²) in [5.41, 5.74) is 0.125. The number of hydrogen-bond acceptors (Lipinski definition) is 4. The molecule has 1 heterocycles. The van der Waals surface area contributed by atoms with Crippen LogP contribution >= 0.6 is 11.3 Å². The monoisotopic (exact) mass is 204 g/mol. The molecule has 0 aliphatic heterocycles. The van der Waals surface area contributed by atoms with Crippen LogP contribution in [0.3, 0.4) is 0 Å². The number of allylic oxidation sites excluding steroid dienone is 1. The normalized spacial score (nSPS) is 8.43. The second kappa shape index (κ2) is 4.22. The molecule has 68 valence electrons. The minimum absolute atomic E-state index is 0.0382. The lowest BCUT2D eigenvalue weighted by molar-refractivity contribution is 0.0697. The first-order valence-corrected chi connectivity index (χ1v) is 4.39. The molecule has 1 N–H and O–H groups in total. The Kier molecular flexibility index (Phi) is 3.01. The number of carboxylic acid groups (broad SMARTS) is 1. The molecule has 0 saturated heterocycles. The summed E-state index contributed by atoms with van der Waals surface area (Å²) in [6, 6.07) is 4.81. The molecule has 1 aromatic heterocycles. The van der Waals surface area contributed by atoms with Crippen LogP contribution in [0.15, 0.2) is 17.0 Å². The van der Waals surface area contributed by atoms with Crippen molar-refractivity contribution in [3.05, 3.63) is 27.5 Å². The molecule has 0 aromatic carbocycles. The Balaban J connectivity index is 3.01. The van der Waals surface area contributed by atoms with Crippen LogP contribution in [-0.2, 0) is 0 Å². The molecule has 0 fully saturated rings. The first-order valence-electron chi connectivity index (χ1n) is 3.51. The number of nitrogens with zero attached hydrogens (tertiary/aromatic N) is 2. The van der Waals surface area contributed by atoms with Crippen LogP contribution in [0.25, 0.3) is 6.08 Å². The highest BCUT2D eigenvalue weighted by Crippen LogP contribution is 2.17. The van der Waals surface area contributed by atoms with Gasteiger partial charge in [0.05, 0.1) is 5.56 Å². The van der Waals surface area contributed by atoms with Crippen molar-refractivity contribution < 1.29 is 9.90 Å². The molecular formula is C9H4N2O2S. The maximum absolute atomic E-state index is 10.5. The first-order chi connectivity index (χ1) is 6.67. The van der Waals surface area contributed by atoms with Crippen molar-refractivity contribution in [2.75, 3.05) is 0 Å². The Morgan fingerprint density at radius 3 is 2.57 bits per heavy atom. The number of aromatic carboxylic acids is 1. The van der Waals surface area contributed by atoms with Crippen LogP contribution in [0.5, 0.6) is 0 Å². The van der Waals surface area contributed by atoms with Gasteiger partial charge in [-0.25, -0.2) is 4.79 Å². The van der Waals surface area contributed by atoms with Gasteiger partial charge in [0.15, 0.2) is 0 Å². The van der Waals surface area contributed by atoms with Crippen molar-refractivity contribution in [2.24, 2.45) is 0 Å². The van der Waals surface area contributed by atoms with Crippen LogP contribution < -0.4 is 0 Å². The van der Waals surface area contributed by atoms with E-state index >= 15 is 0 Å². The largest absolute Gasteiger partial charge is 0.478 e. The molecule has 1 aromatic rings. The lowest BCUT2D eigenvalue weighted by Gasteiger charge is -1.82. The second-order valence-electron chi connectivity index (χ2n) is 2.32. The average Bonchev–Trinajstić information content (AvgIpc) is 2.62. The molecule has 0 aliphatic carbocycles. The molecule has 4 nitrogen and oxygen atoms in total. The van der Waals surface area contributed by atoms with Crippen LogP contribution in [-0.4, -0.2) is 11.1 Å². The van der Waals surface area contributed by atoms with Gasteiger partial charge in [-0.1, -0.05) is 0 Å². The molecule has 0 amide bonds. The predicted molar refractivity (Wildman–Crippen MR) is 50.5 cm³/mol. The summed E-state index contributed by atoms with van der Waals surface area (Å²) in [5, 5.41) is 27.0. The van der Waals surface area contributed by atoms with Gasteiger partial charge in [-0.3, -0.25) is 0 Å². The molecule has 5 heteroatoms. The minimum Gasteiger partial charge on any atom is -0.478 e. The van der Waals surface area contributed by atoms with Gasteiger partial charge < -0.3 is 5.11 Å². The summed E-state index contributed by atoms with van der Waals surface area (Å²) >= 11 is 1.18. The summed E-state index contributed by atoms with van der Waals surface area (Å²) < 4.78 is 0. The van der Waals surface area contributed by atoms with Crippen LogP contribution in [0.2, 0.25) is 0 Å². The molecule has 0 bridgehead atoms. The van der Waals surface area contributed by atoms with Crippen molar-refractivity contribution in [1.82, 2.24) is 0 Å². The molecule has 0 aliphatic rings. The van der Waals surface area contributed by atoms with Crippen LogP contribution in [0.4, 0.5) is 0 Å². The fourth-order valence-electron chi connectivity index (χ4n) is 0.772. The molecule has 0 spiro atoms. The Labute approximate surface area is 83.9 Å². The Bertz CT molecular complexity index is 458. The van der Waals surface area contributed by atoms with Crippen LogP contribution in [0, 0.1) is 22.7 Å². The number of hydrogen-bond donors (Lipinski definition) is 1. The maximum Gasteiger partial charge on any atom is 0.336 e. The number of rotatable bonds is 2. The predicted octanol–water partition coefficient (Wildman–Crippen LogP) is 1.88. The van der Waals surface area contributed by atoms with E-state index in [-0.39, 0.29) is 11.1 Å². The quantitative estimate of drug-likeness (QED) is 0.745. The third-order valence-corrected chi connectivity index (χ3v) is 2.27. The lowest BCUT2D eigenvalue weighted by atomic mass is 10.2. The summed E-state index contributed by atoms with van der Waals surface area (Å²) in [6.07, 6.45) is 1.36. The van der Waals surface area contributed by atoms with Gasteiger partial charge >= 0.3 is 5.97 Å². The van der Waals surface area contributed by atoms with Crippen molar-refractivity contribution in [1.29, 1.82) is 10.5 Å². The number of nitriles is 2. The Morgan fingerprint density at radius 2 is 2.14 bits per heavy atom. The summed E-state index contributed by atoms with van der Waals surface area (Å²) in [5.74, 6) is -1.02. The van der Waals surface area contributed by atoms with E-state index < -0.39 is 5.97 Å². The molecule has 1 rings (SSSR count). The van der Waals surface area contributed by atoms with E-state index in [1.807, 2.05) is 0 Å². The second-order valence-corrected chi connectivity index (χ2v) is 3.27. The van der Waals surface area contributed by atoms with E-state index in [9.17, 15) is 4.79 Å². The van der Waals surface area contributed by atoms with Gasteiger partial charge in [0.1, 0.15) is 17.7 Å². The molecule has 0 radical (unpaired) electrons. The van der Waals surface area contributed by atoms with E-state index in [4.69, 9.17) is 15.6 Å². The SMILES string of the molecule is N#CC(C#N)=Cc1cc(C(=O)O)cs1. The van der Waals surface area contributed by atoms with E-state index in [0.29, 0.717) is 4.88 Å². The van der Waals surface area contributed by atoms with Gasteiger partial charge in [0.2, 0.25) is 0 Å². The summed E-state index contributed by atoms with van der Waals surface area (Å²) in [6.45, 7) is 0. The zero-order valence-corrected chi connectivity index (χ0v) is 7.71. The molecule has 0 saturated carbocycles. The smallest absolute Gasteiger partial charge is 0.336 e. The topological polar surface area (TPSA) is 84.9 Å². The lowest BCUT2D eigenvalue weighted by Crippen LogP contribution is -1.91. The van der Waals surface area contributed by atoms with Crippen molar-refractivity contribution >= 4 is 23.4 Å². The summed E-state index contributed by atoms with van der Waals surface area (Å²) in [4.78, 5) is 11.1. The van der Waals surface area contributed by atoms with Gasteiger partial charge in [-0.2, -0.15) is 10.5 Å². The highest BCUT2D eigenvalue weighted by molar-refractivity contribution is 7.11. The number of carbonyl (C=O) groups is 1. The van der Waals surface area contributed by atoms with E-state index in [0.717, 1.165) is 0 Å². The standard InChI is InChI=1S/C9H4N2O2S/c10-3-6(4-11)1-8-2-7(5-14-8)9(12)13/h1-2,5H,(H,12,13). The van der Waals surface area contributed by atoms with Crippen molar-refractivity contribution in [3.8, 4) is 12.1 Å². The molecule has 0 unspecified atom stereocenters. The number of carboxylic acids is 1. The fourth-order valence-corrected chi connectivity index (χ4v) is 1.59. The first kappa shape index (κ1) is 9.97. The zero-order valence-electron chi connectivity index (χ0n) is 6.89. The zero-order chi connectivity index (χ0) is 10.6. The number of thiophene rings is 1. The average molecular weight is 204 g/mol. The Morgan fingerprint density at radius 1 is 1.50 bits per heavy atom. The highest BCUT2D eigenvalue weighted by atomic mass is 32.1. The molecular weight excluding hydrogens is 200 g/mol. The van der Waals surface area contributed by atoms with Gasteiger partial charge in [-0.15, -0.1) is 11.3 Å². The fraction of sp³-hybridized carbons (Fsp3) is 0. The van der Waals surface area contributed by atoms with Gasteiger partial charge in [0.25, 0.3) is 0 Å².